The number of aromatic nitrogens is 1. The van der Waals surface area contributed by atoms with E-state index >= 15 is 0 Å². The second-order valence-corrected chi connectivity index (χ2v) is 4.39. The Morgan fingerprint density at radius 3 is 2.71 bits per heavy atom. The van der Waals surface area contributed by atoms with Gasteiger partial charge in [-0.2, -0.15) is 0 Å². The number of halogens is 3. The quantitative estimate of drug-likeness (QED) is 0.748. The molecule has 14 heavy (non-hydrogen) atoms. The number of rotatable bonds is 0. The van der Waals surface area contributed by atoms with Crippen LogP contribution >= 0.6 is 39.1 Å². The van der Waals surface area contributed by atoms with E-state index in [0.29, 0.717) is 21.2 Å². The molecule has 2 rings (SSSR count). The minimum Gasteiger partial charge on any atom is -0.398 e. The number of pyridine rings is 1. The van der Waals surface area contributed by atoms with Crippen LogP contribution in [0.1, 0.15) is 0 Å². The van der Waals surface area contributed by atoms with Gasteiger partial charge in [-0.3, -0.25) is 4.98 Å². The molecular weight excluding hydrogens is 287 g/mol. The molecule has 0 bridgehead atoms. The monoisotopic (exact) mass is 290 g/mol. The number of nitrogen functional groups attached to an aromatic ring is 1. The Labute approximate surface area is 99.1 Å². The smallest absolute Gasteiger partial charge is 0.0924 e. The highest BCUT2D eigenvalue weighted by molar-refractivity contribution is 9.10. The Bertz CT molecular complexity index is 514. The van der Waals surface area contributed by atoms with Crippen LogP contribution in [0.25, 0.3) is 10.9 Å². The minimum absolute atomic E-state index is 0.420. The number of anilines is 1. The van der Waals surface area contributed by atoms with E-state index in [-0.39, 0.29) is 0 Å². The van der Waals surface area contributed by atoms with Gasteiger partial charge in [-0.1, -0.05) is 23.2 Å². The summed E-state index contributed by atoms with van der Waals surface area (Å²) in [4.78, 5) is 4.13. The molecule has 1 heterocycles. The molecule has 2 aromatic rings. The van der Waals surface area contributed by atoms with Crippen molar-refractivity contribution in [2.75, 3.05) is 5.73 Å². The first-order valence-corrected chi connectivity index (χ1v) is 5.34. The Kier molecular flexibility index (Phi) is 2.56. The topological polar surface area (TPSA) is 38.9 Å². The van der Waals surface area contributed by atoms with Gasteiger partial charge in [0.2, 0.25) is 0 Å². The normalized spacial score (nSPS) is 10.8. The highest BCUT2D eigenvalue weighted by Crippen LogP contribution is 2.37. The molecule has 1 aromatic heterocycles. The number of benzene rings is 1. The van der Waals surface area contributed by atoms with Crippen molar-refractivity contribution in [3.63, 3.8) is 0 Å². The molecule has 0 spiro atoms. The lowest BCUT2D eigenvalue weighted by Crippen LogP contribution is -1.90. The lowest BCUT2D eigenvalue weighted by Gasteiger charge is -2.05. The lowest BCUT2D eigenvalue weighted by atomic mass is 10.2. The summed E-state index contributed by atoms with van der Waals surface area (Å²) < 4.78 is 0.719. The van der Waals surface area contributed by atoms with E-state index in [1.807, 2.05) is 6.07 Å². The number of hydrogen-bond acceptors (Lipinski definition) is 2. The molecule has 0 radical (unpaired) electrons. The van der Waals surface area contributed by atoms with Crippen LogP contribution in [0, 0.1) is 0 Å². The van der Waals surface area contributed by atoms with Crippen LogP contribution < -0.4 is 5.73 Å². The van der Waals surface area contributed by atoms with Crippen molar-refractivity contribution in [3.8, 4) is 0 Å². The van der Waals surface area contributed by atoms with Gasteiger partial charge < -0.3 is 5.73 Å². The number of nitrogens with two attached hydrogens (primary N) is 1. The fourth-order valence-electron chi connectivity index (χ4n) is 1.21. The van der Waals surface area contributed by atoms with Crippen LogP contribution in [0.4, 0.5) is 5.69 Å². The molecule has 5 heteroatoms. The Balaban J connectivity index is 2.98. The molecule has 2 nitrogen and oxygen atoms in total. The van der Waals surface area contributed by atoms with Crippen molar-refractivity contribution >= 4 is 55.7 Å². The molecule has 0 aliphatic rings. The van der Waals surface area contributed by atoms with E-state index in [4.69, 9.17) is 28.9 Å². The molecule has 0 unspecified atom stereocenters. The molecule has 0 amide bonds. The third kappa shape index (κ3) is 1.45. The van der Waals surface area contributed by atoms with Crippen LogP contribution in [-0.2, 0) is 0 Å². The summed E-state index contributed by atoms with van der Waals surface area (Å²) in [6, 6.07) is 3.53. The highest BCUT2D eigenvalue weighted by atomic mass is 79.9. The molecule has 0 atom stereocenters. The number of nitrogens with zero attached hydrogens (tertiary/aromatic N) is 1. The second kappa shape index (κ2) is 3.57. The second-order valence-electron chi connectivity index (χ2n) is 2.78. The first kappa shape index (κ1) is 10.0. The van der Waals surface area contributed by atoms with Gasteiger partial charge in [-0.25, -0.2) is 0 Å². The van der Waals surface area contributed by atoms with Crippen molar-refractivity contribution in [2.45, 2.75) is 0 Å². The van der Waals surface area contributed by atoms with Crippen molar-refractivity contribution < 1.29 is 0 Å². The molecule has 0 saturated carbocycles. The molecule has 1 aromatic carbocycles. The molecule has 0 aliphatic carbocycles. The van der Waals surface area contributed by atoms with Gasteiger partial charge in [0.1, 0.15) is 0 Å². The molecule has 0 aliphatic heterocycles. The summed E-state index contributed by atoms with van der Waals surface area (Å²) in [6.45, 7) is 0. The fourth-order valence-corrected chi connectivity index (χ4v) is 2.15. The van der Waals surface area contributed by atoms with Gasteiger partial charge >= 0.3 is 0 Å². The van der Waals surface area contributed by atoms with Crippen molar-refractivity contribution in [2.24, 2.45) is 0 Å². The summed E-state index contributed by atoms with van der Waals surface area (Å²) in [6.07, 6.45) is 1.60. The first-order valence-electron chi connectivity index (χ1n) is 3.79. The van der Waals surface area contributed by atoms with Crippen LogP contribution in [0.2, 0.25) is 10.0 Å². The Hall–Kier alpha value is -0.510. The Morgan fingerprint density at radius 1 is 1.29 bits per heavy atom. The van der Waals surface area contributed by atoms with Gasteiger partial charge in [0, 0.05) is 21.7 Å². The largest absolute Gasteiger partial charge is 0.398 e. The van der Waals surface area contributed by atoms with E-state index in [1.165, 1.54) is 0 Å². The lowest BCUT2D eigenvalue weighted by molar-refractivity contribution is 1.41. The zero-order chi connectivity index (χ0) is 10.3. The zero-order valence-electron chi connectivity index (χ0n) is 6.89. The van der Waals surface area contributed by atoms with Gasteiger partial charge in [-0.15, -0.1) is 0 Å². The summed E-state index contributed by atoms with van der Waals surface area (Å²) >= 11 is 15.3. The van der Waals surface area contributed by atoms with E-state index in [1.54, 1.807) is 12.3 Å². The predicted molar refractivity (Wildman–Crippen MR) is 63.9 cm³/mol. The molecule has 0 fully saturated rings. The summed E-state index contributed by atoms with van der Waals surface area (Å²) in [5.74, 6) is 0. The van der Waals surface area contributed by atoms with Crippen molar-refractivity contribution in [1.82, 2.24) is 4.98 Å². The molecule has 72 valence electrons. The van der Waals surface area contributed by atoms with Gasteiger partial charge in [0.25, 0.3) is 0 Å². The summed E-state index contributed by atoms with van der Waals surface area (Å²) in [5.41, 5.74) is 7.04. The standard InChI is InChI=1S/C9H5BrCl2N2/c10-5-3-4-6(13)1-2-14-9(4)8(12)7(5)11/h1-3H,(H2,13,14). The molecule has 2 N–H and O–H groups in total. The van der Waals surface area contributed by atoms with E-state index in [2.05, 4.69) is 20.9 Å². The summed E-state index contributed by atoms with van der Waals surface area (Å²) in [7, 11) is 0. The maximum atomic E-state index is 6.02. The Morgan fingerprint density at radius 2 is 2.00 bits per heavy atom. The van der Waals surface area contributed by atoms with Crippen LogP contribution in [0.15, 0.2) is 22.8 Å². The van der Waals surface area contributed by atoms with Gasteiger partial charge in [0.15, 0.2) is 0 Å². The van der Waals surface area contributed by atoms with Crippen LogP contribution in [0.5, 0.6) is 0 Å². The van der Waals surface area contributed by atoms with Crippen LogP contribution in [-0.4, -0.2) is 4.98 Å². The van der Waals surface area contributed by atoms with Crippen molar-refractivity contribution in [3.05, 3.63) is 32.8 Å². The van der Waals surface area contributed by atoms with Crippen LogP contribution in [0.3, 0.4) is 0 Å². The average Bonchev–Trinajstić information content (AvgIpc) is 2.17. The third-order valence-corrected chi connectivity index (χ3v) is 3.62. The minimum atomic E-state index is 0.420. The van der Waals surface area contributed by atoms with Gasteiger partial charge in [-0.05, 0) is 28.1 Å². The predicted octanol–water partition coefficient (Wildman–Crippen LogP) is 3.89. The van der Waals surface area contributed by atoms with E-state index < -0.39 is 0 Å². The summed E-state index contributed by atoms with van der Waals surface area (Å²) in [5, 5.41) is 1.68. The first-order chi connectivity index (χ1) is 6.61. The highest BCUT2D eigenvalue weighted by Gasteiger charge is 2.10. The maximum Gasteiger partial charge on any atom is 0.0924 e. The number of fused-ring (bicyclic) bond motifs is 1. The van der Waals surface area contributed by atoms with Gasteiger partial charge in [0.05, 0.1) is 15.6 Å². The average molecular weight is 292 g/mol. The maximum absolute atomic E-state index is 6.02. The zero-order valence-corrected chi connectivity index (χ0v) is 9.99. The SMILES string of the molecule is Nc1ccnc2c(Cl)c(Cl)c(Br)cc12. The third-order valence-electron chi connectivity index (χ3n) is 1.91. The number of hydrogen-bond donors (Lipinski definition) is 1. The van der Waals surface area contributed by atoms with E-state index in [9.17, 15) is 0 Å². The van der Waals surface area contributed by atoms with Crippen molar-refractivity contribution in [1.29, 1.82) is 0 Å². The van der Waals surface area contributed by atoms with E-state index in [0.717, 1.165) is 9.86 Å². The molecule has 0 saturated heterocycles. The fraction of sp³-hybridized carbons (Fsp3) is 0. The molecular formula is C9H5BrCl2N2.